The average Bonchev–Trinajstić information content (AvgIpc) is 2.66. The SMILES string of the molecule is COCc1ccc(C)cc1.Cc1ccc(CO)cc1.N=CC(F)CCBr. The number of ether oxygens (including phenoxy) is 1. The molecular formula is C21H29BrFNO2. The molecule has 2 N–H and O–H groups in total. The number of benzene rings is 2. The maximum absolute atomic E-state index is 11.9. The third-order valence-corrected chi connectivity index (χ3v) is 3.76. The van der Waals surface area contributed by atoms with E-state index in [0.29, 0.717) is 18.4 Å². The largest absolute Gasteiger partial charge is 0.392 e. The van der Waals surface area contributed by atoms with Crippen molar-refractivity contribution in [2.45, 2.75) is 39.7 Å². The molecule has 1 unspecified atom stereocenters. The fraction of sp³-hybridized carbons (Fsp3) is 0.381. The number of aliphatic hydroxyl groups is 1. The van der Waals surface area contributed by atoms with Gasteiger partial charge in [0, 0.05) is 18.7 Å². The monoisotopic (exact) mass is 425 g/mol. The molecule has 0 bridgehead atoms. The van der Waals surface area contributed by atoms with Gasteiger partial charge in [0.05, 0.1) is 13.2 Å². The van der Waals surface area contributed by atoms with Crippen molar-refractivity contribution in [2.75, 3.05) is 12.4 Å². The molecule has 0 amide bonds. The van der Waals surface area contributed by atoms with Gasteiger partial charge in [0.2, 0.25) is 0 Å². The van der Waals surface area contributed by atoms with Gasteiger partial charge in [0.1, 0.15) is 6.17 Å². The molecule has 0 aromatic heterocycles. The first-order chi connectivity index (χ1) is 12.5. The van der Waals surface area contributed by atoms with Crippen LogP contribution in [0.25, 0.3) is 0 Å². The standard InChI is InChI=1S/C9H12O.C8H10O.C4H7BrFN/c1-8-3-5-9(6-4-8)7-10-2;1-7-2-4-8(6-9)5-3-7;5-2-1-4(6)3-7/h3-6H,7H2,1-2H3;2-5,9H,6H2,1H3;3-4,7H,1-2H2. The van der Waals surface area contributed by atoms with Crippen LogP contribution in [0.2, 0.25) is 0 Å². The molecule has 0 aliphatic heterocycles. The lowest BCUT2D eigenvalue weighted by Crippen LogP contribution is -1.99. The van der Waals surface area contributed by atoms with E-state index < -0.39 is 6.17 Å². The van der Waals surface area contributed by atoms with E-state index in [-0.39, 0.29) is 6.61 Å². The van der Waals surface area contributed by atoms with Crippen LogP contribution < -0.4 is 0 Å². The number of hydrogen-bond acceptors (Lipinski definition) is 3. The first-order valence-electron chi connectivity index (χ1n) is 8.38. The molecule has 1 atom stereocenters. The third kappa shape index (κ3) is 12.8. The number of nitrogens with one attached hydrogen (secondary N) is 1. The second-order valence-corrected chi connectivity index (χ2v) is 6.52. The molecule has 3 nitrogen and oxygen atoms in total. The molecule has 2 aromatic carbocycles. The summed E-state index contributed by atoms with van der Waals surface area (Å²) in [6, 6.07) is 16.2. The highest BCUT2D eigenvalue weighted by Gasteiger charge is 1.96. The molecule has 0 spiro atoms. The highest BCUT2D eigenvalue weighted by Crippen LogP contribution is 2.03. The lowest BCUT2D eigenvalue weighted by atomic mass is 10.2. The summed E-state index contributed by atoms with van der Waals surface area (Å²) in [5.74, 6) is 0. The minimum absolute atomic E-state index is 0.139. The minimum Gasteiger partial charge on any atom is -0.392 e. The number of halogens is 2. The number of aryl methyl sites for hydroxylation is 2. The van der Waals surface area contributed by atoms with Gasteiger partial charge in [-0.2, -0.15) is 0 Å². The van der Waals surface area contributed by atoms with Gasteiger partial charge in [-0.15, -0.1) is 0 Å². The second-order valence-electron chi connectivity index (χ2n) is 5.72. The van der Waals surface area contributed by atoms with Gasteiger partial charge < -0.3 is 15.3 Å². The van der Waals surface area contributed by atoms with Crippen molar-refractivity contribution >= 4 is 22.1 Å². The zero-order chi connectivity index (χ0) is 19.8. The van der Waals surface area contributed by atoms with Gasteiger partial charge in [-0.25, -0.2) is 4.39 Å². The molecule has 0 radical (unpaired) electrons. The summed E-state index contributed by atoms with van der Waals surface area (Å²) in [7, 11) is 1.71. The maximum atomic E-state index is 11.9. The van der Waals surface area contributed by atoms with Crippen molar-refractivity contribution in [1.82, 2.24) is 0 Å². The van der Waals surface area contributed by atoms with Crippen LogP contribution in [0.4, 0.5) is 4.39 Å². The first kappa shape index (κ1) is 24.4. The molecule has 26 heavy (non-hydrogen) atoms. The van der Waals surface area contributed by atoms with Crippen LogP contribution in [-0.2, 0) is 18.0 Å². The van der Waals surface area contributed by atoms with Gasteiger partial charge in [-0.05, 0) is 31.4 Å². The highest BCUT2D eigenvalue weighted by molar-refractivity contribution is 9.09. The normalized spacial score (nSPS) is 10.7. The summed E-state index contributed by atoms with van der Waals surface area (Å²) >= 11 is 3.05. The molecule has 0 heterocycles. The number of alkyl halides is 2. The maximum Gasteiger partial charge on any atom is 0.135 e. The second kappa shape index (κ2) is 15.7. The quantitative estimate of drug-likeness (QED) is 0.481. The topological polar surface area (TPSA) is 53.3 Å². The number of rotatable bonds is 6. The Labute approximate surface area is 164 Å². The van der Waals surface area contributed by atoms with Gasteiger partial charge in [-0.1, -0.05) is 75.6 Å². The van der Waals surface area contributed by atoms with Crippen LogP contribution in [0.3, 0.4) is 0 Å². The van der Waals surface area contributed by atoms with Gasteiger partial charge in [0.15, 0.2) is 0 Å². The van der Waals surface area contributed by atoms with Crippen molar-refractivity contribution in [3.63, 3.8) is 0 Å². The smallest absolute Gasteiger partial charge is 0.135 e. The van der Waals surface area contributed by atoms with Crippen molar-refractivity contribution < 1.29 is 14.2 Å². The van der Waals surface area contributed by atoms with Crippen LogP contribution in [0.15, 0.2) is 48.5 Å². The average molecular weight is 426 g/mol. The Balaban J connectivity index is 0.000000368. The zero-order valence-corrected chi connectivity index (χ0v) is 17.3. The van der Waals surface area contributed by atoms with Crippen molar-refractivity contribution in [2.24, 2.45) is 0 Å². The molecule has 0 saturated heterocycles. The van der Waals surface area contributed by atoms with E-state index in [0.717, 1.165) is 11.8 Å². The third-order valence-electron chi connectivity index (χ3n) is 3.30. The summed E-state index contributed by atoms with van der Waals surface area (Å²) in [6.07, 6.45) is 0.157. The molecule has 0 saturated carbocycles. The summed E-state index contributed by atoms with van der Waals surface area (Å²) in [5.41, 5.74) is 4.72. The molecule has 2 rings (SSSR count). The Bertz CT molecular complexity index is 588. The van der Waals surface area contributed by atoms with Crippen molar-refractivity contribution in [1.29, 1.82) is 5.41 Å². The number of methoxy groups -OCH3 is 1. The Morgan fingerprint density at radius 2 is 1.50 bits per heavy atom. The predicted molar refractivity (Wildman–Crippen MR) is 111 cm³/mol. The van der Waals surface area contributed by atoms with Gasteiger partial charge in [0.25, 0.3) is 0 Å². The van der Waals surface area contributed by atoms with E-state index >= 15 is 0 Å². The Hall–Kier alpha value is -1.56. The molecule has 0 fully saturated rings. The highest BCUT2D eigenvalue weighted by atomic mass is 79.9. The molecule has 5 heteroatoms. The molecular weight excluding hydrogens is 397 g/mol. The molecule has 0 aliphatic carbocycles. The van der Waals surface area contributed by atoms with Crippen molar-refractivity contribution in [3.8, 4) is 0 Å². The number of aliphatic hydroxyl groups excluding tert-OH is 1. The molecule has 0 aliphatic rings. The summed E-state index contributed by atoms with van der Waals surface area (Å²) in [5, 5.41) is 15.6. The minimum atomic E-state index is -1.06. The Kier molecular flexibility index (Phi) is 14.7. The summed E-state index contributed by atoms with van der Waals surface area (Å²) in [6.45, 7) is 4.96. The predicted octanol–water partition coefficient (Wildman–Crippen LogP) is 5.39. The van der Waals surface area contributed by atoms with Gasteiger partial charge >= 0.3 is 0 Å². The lowest BCUT2D eigenvalue weighted by molar-refractivity contribution is 0.185. The van der Waals surface area contributed by atoms with E-state index in [4.69, 9.17) is 15.3 Å². The Morgan fingerprint density at radius 1 is 1.04 bits per heavy atom. The van der Waals surface area contributed by atoms with Crippen LogP contribution >= 0.6 is 15.9 Å². The van der Waals surface area contributed by atoms with E-state index in [9.17, 15) is 4.39 Å². The van der Waals surface area contributed by atoms with Gasteiger partial charge in [-0.3, -0.25) is 0 Å². The van der Waals surface area contributed by atoms with Crippen LogP contribution in [0.1, 0.15) is 28.7 Å². The van der Waals surface area contributed by atoms with Crippen LogP contribution in [-0.4, -0.2) is 29.9 Å². The molecule has 144 valence electrons. The van der Waals surface area contributed by atoms with Crippen molar-refractivity contribution in [3.05, 3.63) is 70.8 Å². The fourth-order valence-electron chi connectivity index (χ4n) is 1.73. The van der Waals surface area contributed by atoms with Crippen LogP contribution in [0, 0.1) is 19.3 Å². The zero-order valence-electron chi connectivity index (χ0n) is 15.7. The molecule has 2 aromatic rings. The first-order valence-corrected chi connectivity index (χ1v) is 9.50. The van der Waals surface area contributed by atoms with Crippen LogP contribution in [0.5, 0.6) is 0 Å². The summed E-state index contributed by atoms with van der Waals surface area (Å²) < 4.78 is 16.8. The lowest BCUT2D eigenvalue weighted by Gasteiger charge is -1.98. The number of hydrogen-bond donors (Lipinski definition) is 2. The van der Waals surface area contributed by atoms with E-state index in [1.807, 2.05) is 31.2 Å². The van der Waals surface area contributed by atoms with E-state index in [2.05, 4.69) is 47.1 Å². The fourth-order valence-corrected chi connectivity index (χ4v) is 2.17. The summed E-state index contributed by atoms with van der Waals surface area (Å²) in [4.78, 5) is 0. The van der Waals surface area contributed by atoms with E-state index in [1.54, 1.807) is 7.11 Å². The Morgan fingerprint density at radius 3 is 1.81 bits per heavy atom. The van der Waals surface area contributed by atoms with E-state index in [1.165, 1.54) is 16.7 Å².